The normalized spacial score (nSPS) is 26.5. The van der Waals surface area contributed by atoms with Gasteiger partial charge in [-0.3, -0.25) is 4.79 Å². The molecule has 2 aliphatic heterocycles. The quantitative estimate of drug-likeness (QED) is 0.773. The van der Waals surface area contributed by atoms with E-state index in [9.17, 15) is 9.59 Å². The van der Waals surface area contributed by atoms with Crippen LogP contribution in [0.15, 0.2) is 0 Å². The van der Waals surface area contributed by atoms with Gasteiger partial charge in [0.25, 0.3) is 0 Å². The number of amides is 3. The molecule has 0 aliphatic carbocycles. The zero-order chi connectivity index (χ0) is 17.7. The molecule has 2 unspecified atom stereocenters. The molecule has 0 bridgehead atoms. The largest absolute Gasteiger partial charge is 0.342 e. The number of nitrogens with two attached hydrogens (primary N) is 1. The fraction of sp³-hybridized carbons (Fsp3) is 0.889. The lowest BCUT2D eigenvalue weighted by Gasteiger charge is -2.33. The van der Waals surface area contributed by atoms with Crippen molar-refractivity contribution >= 4 is 24.3 Å². The summed E-state index contributed by atoms with van der Waals surface area (Å²) in [5.41, 5.74) is 5.90. The predicted octanol–water partition coefficient (Wildman–Crippen LogP) is 2.07. The number of carbonyl (C=O) groups is 2. The van der Waals surface area contributed by atoms with Gasteiger partial charge in [-0.05, 0) is 43.1 Å². The highest BCUT2D eigenvalue weighted by Crippen LogP contribution is 2.30. The SMILES string of the molecule is CC(C)CNC(=O)N1CCCC(CC(=O)N2CCC(C)(CN)C2)C1.Cl. The second-order valence-electron chi connectivity index (χ2n) is 8.32. The maximum absolute atomic E-state index is 12.6. The summed E-state index contributed by atoms with van der Waals surface area (Å²) >= 11 is 0. The maximum Gasteiger partial charge on any atom is 0.317 e. The Morgan fingerprint density at radius 3 is 2.60 bits per heavy atom. The van der Waals surface area contributed by atoms with Crippen molar-refractivity contribution in [1.82, 2.24) is 15.1 Å². The summed E-state index contributed by atoms with van der Waals surface area (Å²) in [6.45, 7) is 10.7. The van der Waals surface area contributed by atoms with Crippen molar-refractivity contribution in [3.63, 3.8) is 0 Å². The van der Waals surface area contributed by atoms with Crippen LogP contribution in [0.1, 0.15) is 46.5 Å². The van der Waals surface area contributed by atoms with Crippen LogP contribution < -0.4 is 11.1 Å². The summed E-state index contributed by atoms with van der Waals surface area (Å²) in [5.74, 6) is 0.950. The Labute approximate surface area is 158 Å². The van der Waals surface area contributed by atoms with Gasteiger partial charge in [0.15, 0.2) is 0 Å². The average Bonchev–Trinajstić information content (AvgIpc) is 2.96. The van der Waals surface area contributed by atoms with Gasteiger partial charge in [-0.15, -0.1) is 12.4 Å². The van der Waals surface area contributed by atoms with Crippen molar-refractivity contribution < 1.29 is 9.59 Å². The number of rotatable bonds is 5. The van der Waals surface area contributed by atoms with Gasteiger partial charge in [-0.2, -0.15) is 0 Å². The van der Waals surface area contributed by atoms with E-state index >= 15 is 0 Å². The lowest BCUT2D eigenvalue weighted by molar-refractivity contribution is -0.131. The van der Waals surface area contributed by atoms with Gasteiger partial charge in [0.1, 0.15) is 0 Å². The van der Waals surface area contributed by atoms with Gasteiger partial charge < -0.3 is 20.9 Å². The number of nitrogens with zero attached hydrogens (tertiary/aromatic N) is 2. The lowest BCUT2D eigenvalue weighted by Crippen LogP contribution is -2.47. The van der Waals surface area contributed by atoms with E-state index in [-0.39, 0.29) is 35.7 Å². The molecular weight excluding hydrogens is 340 g/mol. The molecular formula is C18H35ClN4O2. The molecule has 25 heavy (non-hydrogen) atoms. The summed E-state index contributed by atoms with van der Waals surface area (Å²) in [7, 11) is 0. The van der Waals surface area contributed by atoms with Gasteiger partial charge in [-0.1, -0.05) is 20.8 Å². The first-order chi connectivity index (χ1) is 11.3. The van der Waals surface area contributed by atoms with E-state index in [4.69, 9.17) is 5.73 Å². The Morgan fingerprint density at radius 2 is 2.00 bits per heavy atom. The molecule has 2 atom stereocenters. The second kappa shape index (κ2) is 9.62. The first kappa shape index (κ1) is 22.0. The predicted molar refractivity (Wildman–Crippen MR) is 103 cm³/mol. The summed E-state index contributed by atoms with van der Waals surface area (Å²) in [4.78, 5) is 28.6. The molecule has 3 N–H and O–H groups in total. The van der Waals surface area contributed by atoms with Crippen LogP contribution in [0.5, 0.6) is 0 Å². The van der Waals surface area contributed by atoms with Gasteiger partial charge in [0.05, 0.1) is 0 Å². The van der Waals surface area contributed by atoms with Crippen LogP contribution in [-0.4, -0.2) is 61.0 Å². The number of halogens is 1. The fourth-order valence-electron chi connectivity index (χ4n) is 3.60. The van der Waals surface area contributed by atoms with Crippen LogP contribution in [0.25, 0.3) is 0 Å². The summed E-state index contributed by atoms with van der Waals surface area (Å²) in [6.07, 6.45) is 3.55. The van der Waals surface area contributed by atoms with E-state index in [1.165, 1.54) is 0 Å². The molecule has 0 aromatic heterocycles. The average molecular weight is 375 g/mol. The molecule has 6 nitrogen and oxygen atoms in total. The molecule has 2 saturated heterocycles. The fourth-order valence-corrected chi connectivity index (χ4v) is 3.60. The van der Waals surface area contributed by atoms with Crippen molar-refractivity contribution in [2.45, 2.75) is 46.5 Å². The van der Waals surface area contributed by atoms with Crippen molar-refractivity contribution in [2.24, 2.45) is 23.0 Å². The third kappa shape index (κ3) is 6.33. The first-order valence-electron chi connectivity index (χ1n) is 9.33. The highest BCUT2D eigenvalue weighted by Gasteiger charge is 2.36. The Hall–Kier alpha value is -1.01. The number of piperidine rings is 1. The zero-order valence-electron chi connectivity index (χ0n) is 15.9. The van der Waals surface area contributed by atoms with Crippen LogP contribution in [0.2, 0.25) is 0 Å². The molecule has 0 aromatic rings. The topological polar surface area (TPSA) is 78.7 Å². The minimum atomic E-state index is 0. The number of hydrogen-bond donors (Lipinski definition) is 2. The Balaban J connectivity index is 0.00000312. The molecule has 2 aliphatic rings. The molecule has 0 radical (unpaired) electrons. The minimum absolute atomic E-state index is 0. The van der Waals surface area contributed by atoms with Gasteiger partial charge in [0.2, 0.25) is 5.91 Å². The molecule has 146 valence electrons. The van der Waals surface area contributed by atoms with Crippen molar-refractivity contribution in [3.8, 4) is 0 Å². The molecule has 3 amide bonds. The van der Waals surface area contributed by atoms with Crippen LogP contribution in [0.3, 0.4) is 0 Å². The molecule has 0 aromatic carbocycles. The van der Waals surface area contributed by atoms with Gasteiger partial charge >= 0.3 is 6.03 Å². The van der Waals surface area contributed by atoms with E-state index in [2.05, 4.69) is 26.1 Å². The van der Waals surface area contributed by atoms with Crippen molar-refractivity contribution in [2.75, 3.05) is 39.3 Å². The maximum atomic E-state index is 12.6. The molecule has 0 spiro atoms. The summed E-state index contributed by atoms with van der Waals surface area (Å²) in [5, 5.41) is 2.98. The zero-order valence-corrected chi connectivity index (χ0v) is 16.7. The number of urea groups is 1. The smallest absolute Gasteiger partial charge is 0.317 e. The third-order valence-corrected chi connectivity index (χ3v) is 5.33. The van der Waals surface area contributed by atoms with Gasteiger partial charge in [0, 0.05) is 39.1 Å². The molecule has 0 saturated carbocycles. The van der Waals surface area contributed by atoms with E-state index in [1.54, 1.807) is 0 Å². The Bertz CT molecular complexity index is 460. The summed E-state index contributed by atoms with van der Waals surface area (Å²) < 4.78 is 0. The van der Waals surface area contributed by atoms with E-state index in [1.807, 2.05) is 9.80 Å². The Kier molecular flexibility index (Phi) is 8.48. The van der Waals surface area contributed by atoms with E-state index in [0.29, 0.717) is 32.0 Å². The molecule has 2 heterocycles. The number of hydrogen-bond acceptors (Lipinski definition) is 3. The number of likely N-dealkylation sites (tertiary alicyclic amines) is 2. The van der Waals surface area contributed by atoms with Crippen LogP contribution >= 0.6 is 12.4 Å². The van der Waals surface area contributed by atoms with Crippen LogP contribution in [0, 0.1) is 17.3 Å². The number of carbonyl (C=O) groups excluding carboxylic acids is 2. The Morgan fingerprint density at radius 1 is 1.28 bits per heavy atom. The highest BCUT2D eigenvalue weighted by atomic mass is 35.5. The molecule has 7 heteroatoms. The van der Waals surface area contributed by atoms with Crippen LogP contribution in [0.4, 0.5) is 4.79 Å². The lowest BCUT2D eigenvalue weighted by atomic mass is 9.90. The second-order valence-corrected chi connectivity index (χ2v) is 8.32. The summed E-state index contributed by atoms with van der Waals surface area (Å²) in [6, 6.07) is 0.0118. The van der Waals surface area contributed by atoms with Crippen molar-refractivity contribution in [1.29, 1.82) is 0 Å². The monoisotopic (exact) mass is 374 g/mol. The van der Waals surface area contributed by atoms with Crippen molar-refractivity contribution in [3.05, 3.63) is 0 Å². The standard InChI is InChI=1S/C18H34N4O2.ClH/c1-14(2)10-20-17(24)21-7-4-5-15(11-21)9-16(23)22-8-6-18(3,12-19)13-22;/h14-15H,4-13,19H2,1-3H3,(H,20,24);1H. The van der Waals surface area contributed by atoms with E-state index in [0.717, 1.165) is 38.9 Å². The molecule has 2 rings (SSSR count). The number of nitrogens with one attached hydrogen (secondary N) is 1. The molecule has 2 fully saturated rings. The van der Waals surface area contributed by atoms with E-state index < -0.39 is 0 Å². The minimum Gasteiger partial charge on any atom is -0.342 e. The van der Waals surface area contributed by atoms with Gasteiger partial charge in [-0.25, -0.2) is 4.79 Å². The van der Waals surface area contributed by atoms with Crippen LogP contribution in [-0.2, 0) is 4.79 Å². The highest BCUT2D eigenvalue weighted by molar-refractivity contribution is 5.85. The first-order valence-corrected chi connectivity index (χ1v) is 9.33. The third-order valence-electron chi connectivity index (χ3n) is 5.33.